The largest absolute Gasteiger partial charge is 0.392 e. The fourth-order valence-electron chi connectivity index (χ4n) is 7.52. The third-order valence-electron chi connectivity index (χ3n) is 10.5. The lowest BCUT2D eigenvalue weighted by atomic mass is 10.0. The van der Waals surface area contributed by atoms with Crippen LogP contribution in [0.2, 0.25) is 0 Å². The lowest BCUT2D eigenvalue weighted by Gasteiger charge is -2.39. The van der Waals surface area contributed by atoms with Gasteiger partial charge in [0.25, 0.3) is 0 Å². The number of sulfonamides is 1. The lowest BCUT2D eigenvalue weighted by molar-refractivity contribution is -0.126. The van der Waals surface area contributed by atoms with E-state index in [4.69, 9.17) is 0 Å². The van der Waals surface area contributed by atoms with E-state index in [0.717, 1.165) is 56.2 Å². The van der Waals surface area contributed by atoms with Crippen molar-refractivity contribution in [1.29, 1.82) is 5.26 Å². The number of anilines is 1. The molecule has 0 atom stereocenters. The minimum atomic E-state index is -4.27. The Morgan fingerprint density at radius 2 is 1.80 bits per heavy atom. The maximum absolute atomic E-state index is 13.0. The van der Waals surface area contributed by atoms with Gasteiger partial charge in [-0.05, 0) is 69.7 Å². The van der Waals surface area contributed by atoms with E-state index in [1.165, 1.54) is 36.7 Å². The van der Waals surface area contributed by atoms with Crippen molar-refractivity contribution in [3.63, 3.8) is 0 Å². The SMILES string of the molecule is C/C(=C\c1c(C)ncnc1NC1CCN(Cc2ccc3c(cc(C#N)n3CC3(N4CCN(S(C)(=O)=O)CC4)CC3)c2C)CC1)CC(F)(F)F. The molecule has 6 rings (SSSR count). The number of hydrogen-bond acceptors (Lipinski definition) is 8. The van der Waals surface area contributed by atoms with Gasteiger partial charge in [-0.2, -0.15) is 22.7 Å². The molecule has 1 saturated carbocycles. The van der Waals surface area contributed by atoms with Gasteiger partial charge in [0.1, 0.15) is 23.9 Å². The van der Waals surface area contributed by atoms with Crippen molar-refractivity contribution >= 4 is 32.8 Å². The van der Waals surface area contributed by atoms with Gasteiger partial charge in [0.15, 0.2) is 0 Å². The normalized spacial score (nSPS) is 20.1. The summed E-state index contributed by atoms with van der Waals surface area (Å²) >= 11 is 0. The molecule has 10 nitrogen and oxygen atoms in total. The molecule has 2 aromatic heterocycles. The zero-order valence-corrected chi connectivity index (χ0v) is 29.5. The monoisotopic (exact) mass is 698 g/mol. The van der Waals surface area contributed by atoms with Crippen LogP contribution in [0.25, 0.3) is 17.0 Å². The van der Waals surface area contributed by atoms with Crippen LogP contribution in [0, 0.1) is 25.2 Å². The van der Waals surface area contributed by atoms with Crippen LogP contribution in [0.1, 0.15) is 67.1 Å². The Hall–Kier alpha value is -3.51. The van der Waals surface area contributed by atoms with Gasteiger partial charge in [0, 0.05) is 80.4 Å². The van der Waals surface area contributed by atoms with Gasteiger partial charge in [-0.3, -0.25) is 9.80 Å². The van der Waals surface area contributed by atoms with Crippen LogP contribution in [-0.4, -0.2) is 100 Å². The number of hydrogen-bond donors (Lipinski definition) is 1. The van der Waals surface area contributed by atoms with E-state index in [2.05, 4.69) is 54.8 Å². The van der Waals surface area contributed by atoms with Crippen LogP contribution < -0.4 is 5.32 Å². The van der Waals surface area contributed by atoms with Gasteiger partial charge in [-0.25, -0.2) is 18.4 Å². The number of nitriles is 1. The molecule has 3 fully saturated rings. The average molecular weight is 699 g/mol. The number of nitrogens with one attached hydrogen (secondary N) is 1. The molecule has 1 aliphatic carbocycles. The highest BCUT2D eigenvalue weighted by molar-refractivity contribution is 7.88. The number of benzene rings is 1. The first-order valence-corrected chi connectivity index (χ1v) is 18.8. The Bertz CT molecular complexity index is 1880. The molecule has 14 heteroatoms. The Kier molecular flexibility index (Phi) is 9.85. The summed E-state index contributed by atoms with van der Waals surface area (Å²) in [4.78, 5) is 13.4. The van der Waals surface area contributed by atoms with Gasteiger partial charge in [-0.15, -0.1) is 0 Å². The molecule has 3 aromatic rings. The first-order chi connectivity index (χ1) is 23.2. The molecular formula is C35H45F3N8O2S. The van der Waals surface area contributed by atoms with Crippen LogP contribution >= 0.6 is 0 Å². The Morgan fingerprint density at radius 3 is 2.41 bits per heavy atom. The molecule has 0 amide bonds. The Balaban J connectivity index is 1.10. The second-order valence-electron chi connectivity index (χ2n) is 14.1. The standard InChI is InChI=1S/C35H45F3N8O2S/c1-24(19-35(36,37)38)17-31-26(3)40-23-41-33(31)42-28-7-11-43(12-8-28)21-27-5-6-32-30(25(27)2)18-29(20-39)46(32)22-34(9-10-34)44-13-15-45(16-14-44)49(4,47)48/h5-6,17-18,23,28H,7-16,19,21-22H2,1-4H3,(H,40,41,42)/b24-17+. The van der Waals surface area contributed by atoms with E-state index in [1.54, 1.807) is 11.2 Å². The van der Waals surface area contributed by atoms with E-state index in [0.29, 0.717) is 55.5 Å². The van der Waals surface area contributed by atoms with E-state index in [-0.39, 0.29) is 17.2 Å². The third kappa shape index (κ3) is 7.95. The number of likely N-dealkylation sites (tertiary alicyclic amines) is 1. The van der Waals surface area contributed by atoms with Crippen molar-refractivity contribution in [1.82, 2.24) is 28.6 Å². The summed E-state index contributed by atoms with van der Waals surface area (Å²) < 4.78 is 66.6. The Morgan fingerprint density at radius 1 is 1.10 bits per heavy atom. The molecule has 2 saturated heterocycles. The fourth-order valence-corrected chi connectivity index (χ4v) is 8.34. The van der Waals surface area contributed by atoms with E-state index in [1.807, 2.05) is 6.07 Å². The summed E-state index contributed by atoms with van der Waals surface area (Å²) in [5.74, 6) is 0.565. The molecule has 0 radical (unpaired) electrons. The molecule has 3 aliphatic rings. The molecule has 1 aromatic carbocycles. The number of halogens is 3. The zero-order valence-electron chi connectivity index (χ0n) is 28.6. The van der Waals surface area contributed by atoms with Crippen molar-refractivity contribution in [3.05, 3.63) is 58.2 Å². The summed E-state index contributed by atoms with van der Waals surface area (Å²) in [5, 5.41) is 14.7. The van der Waals surface area contributed by atoms with Gasteiger partial charge in [0.2, 0.25) is 10.0 Å². The number of piperazine rings is 1. The number of nitrogens with zero attached hydrogens (tertiary/aromatic N) is 7. The number of alkyl halides is 3. The molecule has 0 unspecified atom stereocenters. The van der Waals surface area contributed by atoms with Gasteiger partial charge < -0.3 is 9.88 Å². The molecule has 264 valence electrons. The molecule has 49 heavy (non-hydrogen) atoms. The van der Waals surface area contributed by atoms with Crippen molar-refractivity contribution in [2.75, 3.05) is 50.8 Å². The summed E-state index contributed by atoms with van der Waals surface area (Å²) in [5.41, 5.74) is 5.49. The highest BCUT2D eigenvalue weighted by atomic mass is 32.2. The van der Waals surface area contributed by atoms with Gasteiger partial charge in [0.05, 0.1) is 18.4 Å². The predicted molar refractivity (Wildman–Crippen MR) is 184 cm³/mol. The minimum absolute atomic E-state index is 0.0461. The lowest BCUT2D eigenvalue weighted by Crippen LogP contribution is -2.53. The second-order valence-corrected chi connectivity index (χ2v) is 16.1. The third-order valence-corrected chi connectivity index (χ3v) is 11.8. The van der Waals surface area contributed by atoms with Crippen molar-refractivity contribution in [3.8, 4) is 6.07 Å². The average Bonchev–Trinajstić information content (AvgIpc) is 3.74. The molecular weight excluding hydrogens is 654 g/mol. The smallest absolute Gasteiger partial charge is 0.367 e. The molecule has 0 bridgehead atoms. The highest BCUT2D eigenvalue weighted by Gasteiger charge is 2.49. The molecule has 4 heterocycles. The highest BCUT2D eigenvalue weighted by Crippen LogP contribution is 2.45. The molecule has 0 spiro atoms. The van der Waals surface area contributed by atoms with E-state index in [9.17, 15) is 26.9 Å². The zero-order chi connectivity index (χ0) is 35.1. The van der Waals surface area contributed by atoms with Gasteiger partial charge in [-0.1, -0.05) is 17.7 Å². The van der Waals surface area contributed by atoms with E-state index < -0.39 is 22.6 Å². The summed E-state index contributed by atoms with van der Waals surface area (Å²) in [6.07, 6.45) is 2.81. The van der Waals surface area contributed by atoms with Crippen LogP contribution in [0.5, 0.6) is 0 Å². The van der Waals surface area contributed by atoms with Crippen LogP contribution in [0.15, 0.2) is 30.1 Å². The topological polar surface area (TPSA) is 110 Å². The number of piperidine rings is 1. The van der Waals surface area contributed by atoms with Crippen LogP contribution in [0.4, 0.5) is 19.0 Å². The summed E-state index contributed by atoms with van der Waals surface area (Å²) in [7, 11) is -3.19. The van der Waals surface area contributed by atoms with Crippen LogP contribution in [-0.2, 0) is 23.1 Å². The minimum Gasteiger partial charge on any atom is -0.367 e. The maximum Gasteiger partial charge on any atom is 0.392 e. The second kappa shape index (κ2) is 13.7. The number of fused-ring (bicyclic) bond motifs is 1. The first-order valence-electron chi connectivity index (χ1n) is 16.9. The quantitative estimate of drug-likeness (QED) is 0.297. The molecule has 2 aliphatic heterocycles. The first kappa shape index (κ1) is 35.3. The number of allylic oxidation sites excluding steroid dienone is 1. The van der Waals surface area contributed by atoms with Crippen molar-refractivity contribution < 1.29 is 21.6 Å². The molecule has 1 N–H and O–H groups in total. The van der Waals surface area contributed by atoms with Crippen molar-refractivity contribution in [2.45, 2.75) is 83.7 Å². The van der Waals surface area contributed by atoms with Gasteiger partial charge >= 0.3 is 6.18 Å². The Labute approximate surface area is 286 Å². The van der Waals surface area contributed by atoms with Crippen molar-refractivity contribution in [2.24, 2.45) is 0 Å². The van der Waals surface area contributed by atoms with E-state index >= 15 is 0 Å². The number of aromatic nitrogens is 3. The summed E-state index contributed by atoms with van der Waals surface area (Å²) in [6.45, 7) is 11.0. The summed E-state index contributed by atoms with van der Waals surface area (Å²) in [6, 6.07) is 8.88. The number of rotatable bonds is 10. The predicted octanol–water partition coefficient (Wildman–Crippen LogP) is 5.46. The number of aryl methyl sites for hydroxylation is 2. The maximum atomic E-state index is 13.0. The fraction of sp³-hybridized carbons (Fsp3) is 0.571. The van der Waals surface area contributed by atoms with Crippen LogP contribution in [0.3, 0.4) is 0 Å².